The first-order valence-electron chi connectivity index (χ1n) is 6.67. The van der Waals surface area contributed by atoms with Crippen LogP contribution in [0.4, 0.5) is 0 Å². The molecule has 1 aromatic heterocycles. The summed E-state index contributed by atoms with van der Waals surface area (Å²) in [5, 5.41) is 6.80. The number of amides is 1. The minimum Gasteiger partial charge on any atom is -0.383 e. The van der Waals surface area contributed by atoms with Gasteiger partial charge in [0.1, 0.15) is 5.69 Å². The van der Waals surface area contributed by atoms with Gasteiger partial charge < -0.3 is 14.8 Å². The van der Waals surface area contributed by atoms with Gasteiger partial charge in [-0.15, -0.1) is 0 Å². The Labute approximate surface area is 116 Å². The van der Waals surface area contributed by atoms with Crippen LogP contribution in [0.1, 0.15) is 23.3 Å². The lowest BCUT2D eigenvalue weighted by Crippen LogP contribution is -2.34. The first-order chi connectivity index (χ1) is 9.70. The van der Waals surface area contributed by atoms with Crippen molar-refractivity contribution in [2.24, 2.45) is 0 Å². The van der Waals surface area contributed by atoms with Crippen molar-refractivity contribution in [1.82, 2.24) is 15.1 Å². The van der Waals surface area contributed by atoms with Crippen LogP contribution >= 0.6 is 0 Å². The Morgan fingerprint density at radius 1 is 1.60 bits per heavy atom. The molecule has 0 bridgehead atoms. The third kappa shape index (κ3) is 3.88. The maximum Gasteiger partial charge on any atom is 0.271 e. The summed E-state index contributed by atoms with van der Waals surface area (Å²) in [5.74, 6) is -0.299. The summed E-state index contributed by atoms with van der Waals surface area (Å²) in [4.78, 5) is 23.5. The number of nitrogens with one attached hydrogen (secondary N) is 1. The van der Waals surface area contributed by atoms with Crippen molar-refractivity contribution in [2.75, 3.05) is 26.9 Å². The van der Waals surface area contributed by atoms with E-state index in [1.165, 1.54) is 16.8 Å². The summed E-state index contributed by atoms with van der Waals surface area (Å²) in [6.45, 7) is 1.91. The van der Waals surface area contributed by atoms with Crippen LogP contribution < -0.4 is 10.9 Å². The van der Waals surface area contributed by atoms with Gasteiger partial charge in [-0.1, -0.05) is 0 Å². The van der Waals surface area contributed by atoms with Crippen LogP contribution in [0.25, 0.3) is 0 Å². The van der Waals surface area contributed by atoms with Gasteiger partial charge >= 0.3 is 0 Å². The lowest BCUT2D eigenvalue weighted by Gasteiger charge is -2.11. The van der Waals surface area contributed by atoms with E-state index in [0.717, 1.165) is 19.4 Å². The monoisotopic (exact) mass is 281 g/mol. The van der Waals surface area contributed by atoms with Crippen LogP contribution in [0.3, 0.4) is 0 Å². The molecule has 0 spiro atoms. The van der Waals surface area contributed by atoms with Gasteiger partial charge in [0.15, 0.2) is 0 Å². The van der Waals surface area contributed by atoms with Gasteiger partial charge in [-0.2, -0.15) is 5.10 Å². The summed E-state index contributed by atoms with van der Waals surface area (Å²) in [7, 11) is 1.54. The molecule has 7 heteroatoms. The van der Waals surface area contributed by atoms with E-state index in [4.69, 9.17) is 9.47 Å². The van der Waals surface area contributed by atoms with E-state index in [0.29, 0.717) is 19.7 Å². The molecule has 1 aliphatic rings. The molecule has 7 nitrogen and oxygen atoms in total. The zero-order chi connectivity index (χ0) is 14.4. The summed E-state index contributed by atoms with van der Waals surface area (Å²) in [6.07, 6.45) is 2.07. The van der Waals surface area contributed by atoms with Crippen molar-refractivity contribution in [3.05, 3.63) is 28.2 Å². The van der Waals surface area contributed by atoms with Gasteiger partial charge in [-0.25, -0.2) is 4.68 Å². The molecule has 2 rings (SSSR count). The Hall–Kier alpha value is -1.73. The standard InChI is InChI=1S/C13H19N3O4/c1-19-8-6-16-12(17)5-4-11(15-16)13(18)14-9-10-3-2-7-20-10/h4-5,10H,2-3,6-9H2,1H3,(H,14,18)/t10-/m0/s1. The highest BCUT2D eigenvalue weighted by Gasteiger charge is 2.17. The maximum absolute atomic E-state index is 12.0. The number of hydrogen-bond acceptors (Lipinski definition) is 5. The number of carbonyl (C=O) groups is 1. The van der Waals surface area contributed by atoms with Crippen LogP contribution in [0.5, 0.6) is 0 Å². The molecule has 20 heavy (non-hydrogen) atoms. The maximum atomic E-state index is 12.0. The molecule has 0 saturated carbocycles. The summed E-state index contributed by atoms with van der Waals surface area (Å²) in [5.41, 5.74) is -0.0311. The highest BCUT2D eigenvalue weighted by molar-refractivity contribution is 5.91. The van der Waals surface area contributed by atoms with Crippen LogP contribution in [-0.4, -0.2) is 48.7 Å². The van der Waals surface area contributed by atoms with E-state index >= 15 is 0 Å². The Bertz CT molecular complexity index is 509. The second kappa shape index (κ2) is 7.16. The molecule has 1 saturated heterocycles. The molecule has 0 aliphatic carbocycles. The number of ether oxygens (including phenoxy) is 2. The molecule has 110 valence electrons. The van der Waals surface area contributed by atoms with Gasteiger partial charge in [0.05, 0.1) is 19.3 Å². The largest absolute Gasteiger partial charge is 0.383 e. The van der Waals surface area contributed by atoms with E-state index < -0.39 is 0 Å². The van der Waals surface area contributed by atoms with Crippen molar-refractivity contribution in [3.8, 4) is 0 Å². The second-order valence-electron chi connectivity index (χ2n) is 4.62. The molecule has 1 aliphatic heterocycles. The van der Waals surface area contributed by atoms with E-state index in [-0.39, 0.29) is 23.3 Å². The predicted molar refractivity (Wildman–Crippen MR) is 71.7 cm³/mol. The molecule has 1 atom stereocenters. The quantitative estimate of drug-likeness (QED) is 0.780. The second-order valence-corrected chi connectivity index (χ2v) is 4.62. The third-order valence-electron chi connectivity index (χ3n) is 3.12. The van der Waals surface area contributed by atoms with E-state index in [2.05, 4.69) is 10.4 Å². The molecule has 0 unspecified atom stereocenters. The number of rotatable bonds is 6. The van der Waals surface area contributed by atoms with E-state index in [9.17, 15) is 9.59 Å². The van der Waals surface area contributed by atoms with E-state index in [1.54, 1.807) is 7.11 Å². The normalized spacial score (nSPS) is 18.1. The summed E-state index contributed by atoms with van der Waals surface area (Å²) < 4.78 is 11.6. The Kier molecular flexibility index (Phi) is 5.25. The Morgan fingerprint density at radius 2 is 2.45 bits per heavy atom. The molecule has 1 aromatic rings. The molecule has 1 fully saturated rings. The number of methoxy groups -OCH3 is 1. The van der Waals surface area contributed by atoms with Crippen molar-refractivity contribution in [2.45, 2.75) is 25.5 Å². The average Bonchev–Trinajstić information content (AvgIpc) is 2.97. The van der Waals surface area contributed by atoms with Crippen LogP contribution in [0, 0.1) is 0 Å². The zero-order valence-electron chi connectivity index (χ0n) is 11.5. The minimum absolute atomic E-state index is 0.0818. The molecule has 0 aromatic carbocycles. The topological polar surface area (TPSA) is 82.5 Å². The lowest BCUT2D eigenvalue weighted by atomic mass is 10.2. The molecular weight excluding hydrogens is 262 g/mol. The highest BCUT2D eigenvalue weighted by Crippen LogP contribution is 2.10. The first kappa shape index (κ1) is 14.7. The molecule has 2 heterocycles. The fourth-order valence-electron chi connectivity index (χ4n) is 2.01. The van der Waals surface area contributed by atoms with Gasteiger partial charge in [0, 0.05) is 26.3 Å². The smallest absolute Gasteiger partial charge is 0.271 e. The number of hydrogen-bond donors (Lipinski definition) is 1. The van der Waals surface area contributed by atoms with Crippen molar-refractivity contribution in [1.29, 1.82) is 0 Å². The summed E-state index contributed by atoms with van der Waals surface area (Å²) >= 11 is 0. The van der Waals surface area contributed by atoms with E-state index in [1.807, 2.05) is 0 Å². The number of nitrogens with zero attached hydrogens (tertiary/aromatic N) is 2. The predicted octanol–water partition coefficient (Wildman–Crippen LogP) is -0.201. The fraction of sp³-hybridized carbons (Fsp3) is 0.615. The van der Waals surface area contributed by atoms with Gasteiger partial charge in [-0.05, 0) is 18.9 Å². The van der Waals surface area contributed by atoms with Gasteiger partial charge in [-0.3, -0.25) is 9.59 Å². The van der Waals surface area contributed by atoms with Crippen molar-refractivity contribution >= 4 is 5.91 Å². The molecule has 0 radical (unpaired) electrons. The SMILES string of the molecule is COCCn1nc(C(=O)NC[C@@H]2CCCO2)ccc1=O. The van der Waals surface area contributed by atoms with Crippen LogP contribution in [-0.2, 0) is 16.0 Å². The molecule has 1 amide bonds. The Balaban J connectivity index is 1.96. The average molecular weight is 281 g/mol. The summed E-state index contributed by atoms with van der Waals surface area (Å²) in [6, 6.07) is 2.76. The Morgan fingerprint density at radius 3 is 3.15 bits per heavy atom. The van der Waals surface area contributed by atoms with Crippen molar-refractivity contribution in [3.63, 3.8) is 0 Å². The molecule has 1 N–H and O–H groups in total. The van der Waals surface area contributed by atoms with Gasteiger partial charge in [0.25, 0.3) is 11.5 Å². The van der Waals surface area contributed by atoms with Crippen molar-refractivity contribution < 1.29 is 14.3 Å². The van der Waals surface area contributed by atoms with Crippen LogP contribution in [0.15, 0.2) is 16.9 Å². The number of carbonyl (C=O) groups excluding carboxylic acids is 1. The number of aromatic nitrogens is 2. The minimum atomic E-state index is -0.299. The van der Waals surface area contributed by atoms with Crippen LogP contribution in [0.2, 0.25) is 0 Å². The fourth-order valence-corrected chi connectivity index (χ4v) is 2.01. The third-order valence-corrected chi connectivity index (χ3v) is 3.12. The lowest BCUT2D eigenvalue weighted by molar-refractivity contribution is 0.0851. The van der Waals surface area contributed by atoms with Gasteiger partial charge in [0.2, 0.25) is 0 Å². The first-order valence-corrected chi connectivity index (χ1v) is 6.67. The highest BCUT2D eigenvalue weighted by atomic mass is 16.5. The zero-order valence-corrected chi connectivity index (χ0v) is 11.5. The molecular formula is C13H19N3O4.